The second-order valence-corrected chi connectivity index (χ2v) is 8.19. The maximum absolute atomic E-state index is 12.9. The van der Waals surface area contributed by atoms with Crippen molar-refractivity contribution in [3.8, 4) is 0 Å². The summed E-state index contributed by atoms with van der Waals surface area (Å²) in [5.41, 5.74) is 9.58. The lowest BCUT2D eigenvalue weighted by molar-refractivity contribution is -0.119. The zero-order chi connectivity index (χ0) is 18.9. The molecule has 3 N–H and O–H groups in total. The molecular formula is C19H24ClN3O3S. The van der Waals surface area contributed by atoms with Crippen LogP contribution in [0.4, 0.5) is 5.69 Å². The molecule has 146 valence electrons. The fourth-order valence-corrected chi connectivity index (χ4v) is 4.17. The number of rotatable bonds is 5. The number of nitrogens with two attached hydrogens (primary N) is 1. The number of sulfonamides is 1. The normalized spacial score (nSPS) is 14.4. The molecule has 3 rings (SSSR count). The molecule has 0 aromatic heterocycles. The van der Waals surface area contributed by atoms with Gasteiger partial charge in [-0.2, -0.15) is 0 Å². The average molecular weight is 410 g/mol. The first kappa shape index (κ1) is 21.4. The van der Waals surface area contributed by atoms with Crippen LogP contribution in [0.25, 0.3) is 0 Å². The number of fused-ring (bicyclic) bond motifs is 1. The number of hydrogen-bond donors (Lipinski definition) is 2. The summed E-state index contributed by atoms with van der Waals surface area (Å²) in [5.74, 6) is -0.231. The quantitative estimate of drug-likeness (QED) is 0.792. The van der Waals surface area contributed by atoms with Gasteiger partial charge in [-0.25, -0.2) is 13.1 Å². The smallest absolute Gasteiger partial charge is 0.248 e. The van der Waals surface area contributed by atoms with E-state index in [1.165, 1.54) is 0 Å². The van der Waals surface area contributed by atoms with E-state index in [1.54, 1.807) is 30.0 Å². The Labute approximate surface area is 166 Å². The standard InChI is InChI=1S/C19H23N3O3S.ClH/c1-3-21-26(24,25)16-9-8-14-10-11-22(17(14)12-16)19(23)18(20)15-6-4-13(2)5-7-15;/h4-9,12,18,21H,3,10-11,20H2,1-2H3;1H. The van der Waals surface area contributed by atoms with E-state index < -0.39 is 16.1 Å². The van der Waals surface area contributed by atoms with Crippen molar-refractivity contribution < 1.29 is 13.2 Å². The van der Waals surface area contributed by atoms with E-state index >= 15 is 0 Å². The van der Waals surface area contributed by atoms with Crippen molar-refractivity contribution in [3.05, 3.63) is 59.2 Å². The molecule has 1 amide bonds. The molecule has 1 aliphatic heterocycles. The van der Waals surface area contributed by atoms with E-state index in [4.69, 9.17) is 5.73 Å². The lowest BCUT2D eigenvalue weighted by Gasteiger charge is -2.22. The zero-order valence-corrected chi connectivity index (χ0v) is 16.9. The van der Waals surface area contributed by atoms with Crippen LogP contribution >= 0.6 is 12.4 Å². The van der Waals surface area contributed by atoms with Gasteiger partial charge in [0.25, 0.3) is 0 Å². The summed E-state index contributed by atoms with van der Waals surface area (Å²) in [4.78, 5) is 14.7. The third kappa shape index (κ3) is 4.32. The van der Waals surface area contributed by atoms with Crippen molar-refractivity contribution >= 4 is 34.0 Å². The monoisotopic (exact) mass is 409 g/mol. The first-order valence-corrected chi connectivity index (χ1v) is 10.1. The van der Waals surface area contributed by atoms with Gasteiger partial charge >= 0.3 is 0 Å². The highest BCUT2D eigenvalue weighted by Crippen LogP contribution is 2.32. The van der Waals surface area contributed by atoms with Crippen LogP contribution in [-0.4, -0.2) is 27.4 Å². The molecule has 0 fully saturated rings. The third-order valence-electron chi connectivity index (χ3n) is 4.57. The van der Waals surface area contributed by atoms with Crippen LogP contribution in [0.2, 0.25) is 0 Å². The number of amides is 1. The molecule has 2 aromatic carbocycles. The Morgan fingerprint density at radius 3 is 2.52 bits per heavy atom. The molecule has 0 saturated carbocycles. The maximum Gasteiger partial charge on any atom is 0.248 e. The largest absolute Gasteiger partial charge is 0.316 e. The van der Waals surface area contributed by atoms with Crippen LogP contribution in [-0.2, 0) is 21.2 Å². The second kappa shape index (κ2) is 8.39. The highest BCUT2D eigenvalue weighted by molar-refractivity contribution is 7.89. The molecule has 1 aliphatic rings. The SMILES string of the molecule is CCNS(=O)(=O)c1ccc2c(c1)N(C(=O)C(N)c1ccc(C)cc1)CC2.Cl. The van der Waals surface area contributed by atoms with Crippen LogP contribution < -0.4 is 15.4 Å². The first-order valence-electron chi connectivity index (χ1n) is 8.59. The predicted octanol–water partition coefficient (Wildman–Crippen LogP) is 2.30. The molecule has 1 unspecified atom stereocenters. The van der Waals surface area contributed by atoms with Gasteiger partial charge in [-0.3, -0.25) is 4.79 Å². The number of carbonyl (C=O) groups is 1. The summed E-state index contributed by atoms with van der Waals surface area (Å²) in [7, 11) is -3.58. The molecule has 0 aliphatic carbocycles. The summed E-state index contributed by atoms with van der Waals surface area (Å²) in [6, 6.07) is 11.6. The maximum atomic E-state index is 12.9. The van der Waals surface area contributed by atoms with Crippen molar-refractivity contribution in [3.63, 3.8) is 0 Å². The van der Waals surface area contributed by atoms with Crippen molar-refractivity contribution in [1.82, 2.24) is 4.72 Å². The summed E-state index contributed by atoms with van der Waals surface area (Å²) in [5, 5.41) is 0. The van der Waals surface area contributed by atoms with Gasteiger partial charge in [-0.15, -0.1) is 12.4 Å². The molecule has 0 radical (unpaired) electrons. The van der Waals surface area contributed by atoms with E-state index in [0.717, 1.165) is 16.7 Å². The van der Waals surface area contributed by atoms with Crippen molar-refractivity contribution in [2.75, 3.05) is 18.0 Å². The molecule has 1 atom stereocenters. The van der Waals surface area contributed by atoms with E-state index in [1.807, 2.05) is 31.2 Å². The lowest BCUT2D eigenvalue weighted by atomic mass is 10.0. The summed E-state index contributed by atoms with van der Waals surface area (Å²) >= 11 is 0. The van der Waals surface area contributed by atoms with Crippen LogP contribution in [0, 0.1) is 6.92 Å². The minimum absolute atomic E-state index is 0. The number of nitrogens with one attached hydrogen (secondary N) is 1. The predicted molar refractivity (Wildman–Crippen MR) is 109 cm³/mol. The van der Waals surface area contributed by atoms with Gasteiger partial charge in [0.05, 0.1) is 4.90 Å². The van der Waals surface area contributed by atoms with Gasteiger partial charge in [0.2, 0.25) is 15.9 Å². The van der Waals surface area contributed by atoms with E-state index in [0.29, 0.717) is 25.2 Å². The molecule has 1 heterocycles. The van der Waals surface area contributed by atoms with E-state index in [9.17, 15) is 13.2 Å². The van der Waals surface area contributed by atoms with E-state index in [2.05, 4.69) is 4.72 Å². The Morgan fingerprint density at radius 1 is 1.22 bits per heavy atom. The third-order valence-corrected chi connectivity index (χ3v) is 6.11. The van der Waals surface area contributed by atoms with Crippen LogP contribution in [0.5, 0.6) is 0 Å². The molecular weight excluding hydrogens is 386 g/mol. The van der Waals surface area contributed by atoms with Crippen LogP contribution in [0.3, 0.4) is 0 Å². The van der Waals surface area contributed by atoms with Crippen molar-refractivity contribution in [2.24, 2.45) is 5.73 Å². The van der Waals surface area contributed by atoms with E-state index in [-0.39, 0.29) is 23.2 Å². The minimum atomic E-state index is -3.58. The number of hydrogen-bond acceptors (Lipinski definition) is 4. The van der Waals surface area contributed by atoms with Gasteiger partial charge in [0.1, 0.15) is 6.04 Å². The number of anilines is 1. The number of aryl methyl sites for hydroxylation is 1. The van der Waals surface area contributed by atoms with Gasteiger partial charge in [0.15, 0.2) is 0 Å². The summed E-state index contributed by atoms with van der Waals surface area (Å²) < 4.78 is 27.0. The Bertz CT molecular complexity index is 930. The summed E-state index contributed by atoms with van der Waals surface area (Å²) in [6.45, 7) is 4.50. The molecule has 0 bridgehead atoms. The highest BCUT2D eigenvalue weighted by atomic mass is 35.5. The molecule has 0 saturated heterocycles. The van der Waals surface area contributed by atoms with Gasteiger partial charge in [-0.1, -0.05) is 42.8 Å². The Morgan fingerprint density at radius 2 is 1.89 bits per heavy atom. The van der Waals surface area contributed by atoms with Gasteiger partial charge < -0.3 is 10.6 Å². The topological polar surface area (TPSA) is 92.5 Å². The number of benzene rings is 2. The fourth-order valence-electron chi connectivity index (χ4n) is 3.11. The van der Waals surface area contributed by atoms with Crippen molar-refractivity contribution in [1.29, 1.82) is 0 Å². The Hall–Kier alpha value is -1.93. The highest BCUT2D eigenvalue weighted by Gasteiger charge is 2.30. The summed E-state index contributed by atoms with van der Waals surface area (Å²) in [6.07, 6.45) is 0.684. The Balaban J connectivity index is 0.00000261. The average Bonchev–Trinajstić information content (AvgIpc) is 3.04. The van der Waals surface area contributed by atoms with Gasteiger partial charge in [-0.05, 0) is 36.6 Å². The molecule has 0 spiro atoms. The minimum Gasteiger partial charge on any atom is -0.316 e. The molecule has 6 nitrogen and oxygen atoms in total. The number of halogens is 1. The molecule has 2 aromatic rings. The first-order chi connectivity index (χ1) is 12.3. The Kier molecular flexibility index (Phi) is 6.64. The molecule has 27 heavy (non-hydrogen) atoms. The number of nitrogens with zero attached hydrogens (tertiary/aromatic N) is 1. The lowest BCUT2D eigenvalue weighted by Crippen LogP contribution is -2.37. The second-order valence-electron chi connectivity index (χ2n) is 6.42. The molecule has 8 heteroatoms. The van der Waals surface area contributed by atoms with Crippen LogP contribution in [0.1, 0.15) is 29.7 Å². The van der Waals surface area contributed by atoms with Crippen molar-refractivity contribution in [2.45, 2.75) is 31.2 Å². The van der Waals surface area contributed by atoms with Gasteiger partial charge in [0, 0.05) is 18.8 Å². The fraction of sp³-hybridized carbons (Fsp3) is 0.316. The van der Waals surface area contributed by atoms with Crippen LogP contribution in [0.15, 0.2) is 47.4 Å². The number of carbonyl (C=O) groups excluding carboxylic acids is 1. The zero-order valence-electron chi connectivity index (χ0n) is 15.3.